The number of Topliss-reactive ketones (excluding diaryl/α,β-unsaturated/α-hetero) is 1. The Morgan fingerprint density at radius 1 is 1.24 bits per heavy atom. The molecule has 0 bridgehead atoms. The van der Waals surface area contributed by atoms with Crippen LogP contribution in [0.1, 0.15) is 59.3 Å². The molecular formula is C16H26N2O3. The Morgan fingerprint density at radius 3 is 2.48 bits per heavy atom. The van der Waals surface area contributed by atoms with Crippen molar-refractivity contribution >= 4 is 17.5 Å². The van der Waals surface area contributed by atoms with Gasteiger partial charge in [0.15, 0.2) is 5.78 Å². The Kier molecular flexibility index (Phi) is 7.72. The lowest BCUT2D eigenvalue weighted by Gasteiger charge is -2.20. The molecule has 0 aliphatic heterocycles. The molecule has 1 fully saturated rings. The van der Waals surface area contributed by atoms with Crippen molar-refractivity contribution in [2.75, 3.05) is 6.61 Å². The van der Waals surface area contributed by atoms with Crippen LogP contribution in [-0.4, -0.2) is 24.1 Å². The van der Waals surface area contributed by atoms with Gasteiger partial charge in [0, 0.05) is 11.9 Å². The zero-order valence-electron chi connectivity index (χ0n) is 13.3. The lowest BCUT2D eigenvalue weighted by atomic mass is 9.86. The van der Waals surface area contributed by atoms with E-state index in [1.54, 1.807) is 6.92 Å². The largest absolute Gasteiger partial charge is 0.462 e. The number of carbonyl (C=O) groups is 2. The highest BCUT2D eigenvalue weighted by Gasteiger charge is 2.16. The topological polar surface area (TPSA) is 67.8 Å². The molecule has 0 heterocycles. The van der Waals surface area contributed by atoms with Crippen LogP contribution in [0.4, 0.5) is 0 Å². The second kappa shape index (κ2) is 9.32. The highest BCUT2D eigenvalue weighted by atomic mass is 16.5. The normalized spacial score (nSPS) is 17.5. The number of hydrogen-bond acceptors (Lipinski definition) is 5. The smallest absolute Gasteiger partial charge is 0.343 e. The third kappa shape index (κ3) is 6.56. The predicted octanol–water partition coefficient (Wildman–Crippen LogP) is 2.96. The fourth-order valence-electron chi connectivity index (χ4n) is 2.57. The first kappa shape index (κ1) is 17.4. The second-order valence-corrected chi connectivity index (χ2v) is 5.52. The van der Waals surface area contributed by atoms with E-state index in [0.717, 1.165) is 12.1 Å². The molecular weight excluding hydrogens is 268 g/mol. The van der Waals surface area contributed by atoms with Crippen LogP contribution in [0.15, 0.2) is 16.9 Å². The average molecular weight is 294 g/mol. The summed E-state index contributed by atoms with van der Waals surface area (Å²) in [6, 6.07) is 0. The van der Waals surface area contributed by atoms with Gasteiger partial charge in [0.05, 0.1) is 6.61 Å². The van der Waals surface area contributed by atoms with Gasteiger partial charge < -0.3 is 4.74 Å². The molecule has 0 spiro atoms. The molecule has 0 aromatic carbocycles. The fourth-order valence-corrected chi connectivity index (χ4v) is 2.57. The number of nitrogens with zero attached hydrogens (tertiary/aromatic N) is 1. The zero-order valence-corrected chi connectivity index (χ0v) is 13.3. The van der Waals surface area contributed by atoms with Gasteiger partial charge in [-0.2, -0.15) is 5.10 Å². The van der Waals surface area contributed by atoms with Crippen LogP contribution >= 0.6 is 0 Å². The fraction of sp³-hybridized carbons (Fsp3) is 0.688. The lowest BCUT2D eigenvalue weighted by Crippen LogP contribution is -2.17. The molecule has 0 saturated heterocycles. The van der Waals surface area contributed by atoms with Crippen LogP contribution in [-0.2, 0) is 14.3 Å². The summed E-state index contributed by atoms with van der Waals surface area (Å²) in [7, 11) is 0. The molecule has 21 heavy (non-hydrogen) atoms. The van der Waals surface area contributed by atoms with Crippen molar-refractivity contribution in [3.63, 3.8) is 0 Å². The van der Waals surface area contributed by atoms with Gasteiger partial charge in [-0.3, -0.25) is 10.2 Å². The van der Waals surface area contributed by atoms with Crippen LogP contribution in [0.3, 0.4) is 0 Å². The van der Waals surface area contributed by atoms with Crippen LogP contribution in [0.2, 0.25) is 0 Å². The van der Waals surface area contributed by atoms with Crippen LogP contribution in [0, 0.1) is 5.92 Å². The first-order chi connectivity index (χ1) is 10.0. The molecule has 118 valence electrons. The Hall–Kier alpha value is -1.65. The molecule has 0 radical (unpaired) electrons. The number of hydrogen-bond donors (Lipinski definition) is 1. The summed E-state index contributed by atoms with van der Waals surface area (Å²) in [4.78, 5) is 23.0. The summed E-state index contributed by atoms with van der Waals surface area (Å²) in [5, 5.41) is 4.21. The summed E-state index contributed by atoms with van der Waals surface area (Å²) in [6.45, 7) is 5.25. The molecule has 1 N–H and O–H groups in total. The predicted molar refractivity (Wildman–Crippen MR) is 82.8 cm³/mol. The Morgan fingerprint density at radius 2 is 1.90 bits per heavy atom. The average Bonchev–Trinajstić information content (AvgIpc) is 2.44. The van der Waals surface area contributed by atoms with E-state index in [1.165, 1.54) is 45.2 Å². The third-order valence-corrected chi connectivity index (χ3v) is 3.65. The molecule has 5 nitrogen and oxygen atoms in total. The number of rotatable bonds is 7. The first-order valence-electron chi connectivity index (χ1n) is 7.71. The van der Waals surface area contributed by atoms with Crippen molar-refractivity contribution in [3.8, 4) is 0 Å². The van der Waals surface area contributed by atoms with Gasteiger partial charge in [0.1, 0.15) is 5.57 Å². The van der Waals surface area contributed by atoms with Gasteiger partial charge in [-0.1, -0.05) is 32.1 Å². The summed E-state index contributed by atoms with van der Waals surface area (Å²) in [5.41, 5.74) is 3.68. The third-order valence-electron chi connectivity index (χ3n) is 3.65. The number of hydrazone groups is 1. The van der Waals surface area contributed by atoms with Gasteiger partial charge in [0.2, 0.25) is 0 Å². The number of ketones is 1. The van der Waals surface area contributed by atoms with E-state index in [2.05, 4.69) is 10.5 Å². The molecule has 1 saturated carbocycles. The van der Waals surface area contributed by atoms with E-state index in [-0.39, 0.29) is 18.0 Å². The van der Waals surface area contributed by atoms with Gasteiger partial charge in [-0.25, -0.2) is 4.79 Å². The van der Waals surface area contributed by atoms with Crippen LogP contribution < -0.4 is 5.43 Å². The summed E-state index contributed by atoms with van der Waals surface area (Å²) in [5.74, 6) is -0.232. The number of esters is 1. The van der Waals surface area contributed by atoms with Crippen LogP contribution in [0.5, 0.6) is 0 Å². The maximum atomic E-state index is 11.6. The Bertz CT molecular complexity index is 421. The molecule has 5 heteroatoms. The quantitative estimate of drug-likeness (QED) is 0.196. The van der Waals surface area contributed by atoms with E-state index in [9.17, 15) is 9.59 Å². The number of carbonyl (C=O) groups excluding carboxylic acids is 2. The van der Waals surface area contributed by atoms with Crippen molar-refractivity contribution in [2.24, 2.45) is 11.0 Å². The molecule has 1 aliphatic carbocycles. The van der Waals surface area contributed by atoms with E-state index in [0.29, 0.717) is 5.92 Å². The Balaban J connectivity index is 2.52. The maximum absolute atomic E-state index is 11.6. The van der Waals surface area contributed by atoms with E-state index in [1.807, 2.05) is 6.92 Å². The molecule has 0 aromatic rings. The minimum absolute atomic E-state index is 0.00827. The van der Waals surface area contributed by atoms with Gasteiger partial charge in [-0.15, -0.1) is 0 Å². The summed E-state index contributed by atoms with van der Waals surface area (Å²) in [6.07, 6.45) is 8.79. The van der Waals surface area contributed by atoms with Gasteiger partial charge >= 0.3 is 5.97 Å². The highest BCUT2D eigenvalue weighted by molar-refractivity contribution is 6.16. The minimum atomic E-state index is -0.613. The van der Waals surface area contributed by atoms with Crippen LogP contribution in [0.25, 0.3) is 0 Å². The summed E-state index contributed by atoms with van der Waals surface area (Å²) >= 11 is 0. The number of nitrogens with one attached hydrogen (secondary N) is 1. The number of ether oxygens (including phenoxy) is 1. The lowest BCUT2D eigenvalue weighted by molar-refractivity contribution is -0.139. The van der Waals surface area contributed by atoms with Crippen molar-refractivity contribution in [3.05, 3.63) is 11.8 Å². The standard InChI is InChI=1S/C16H26N2O3/c1-4-21-16(20)15(13(3)19)11-17-18-12(2)10-14-8-6-5-7-9-14/h11,14,17H,4-10H2,1-3H3/b15-11+,18-12+. The van der Waals surface area contributed by atoms with E-state index in [4.69, 9.17) is 4.74 Å². The molecule has 0 amide bonds. The van der Waals surface area contributed by atoms with Crippen molar-refractivity contribution in [2.45, 2.75) is 59.3 Å². The maximum Gasteiger partial charge on any atom is 0.343 e. The molecule has 0 aromatic heterocycles. The van der Waals surface area contributed by atoms with E-state index < -0.39 is 5.97 Å². The highest BCUT2D eigenvalue weighted by Crippen LogP contribution is 2.26. The molecule has 0 unspecified atom stereocenters. The molecule has 1 aliphatic rings. The molecule has 1 rings (SSSR count). The van der Waals surface area contributed by atoms with E-state index >= 15 is 0 Å². The second-order valence-electron chi connectivity index (χ2n) is 5.52. The first-order valence-corrected chi connectivity index (χ1v) is 7.71. The SMILES string of the molecule is CCOC(=O)/C(=C/N/N=C(\C)CC1CCCCC1)C(C)=O. The minimum Gasteiger partial charge on any atom is -0.462 e. The zero-order chi connectivity index (χ0) is 15.7. The summed E-state index contributed by atoms with van der Waals surface area (Å²) < 4.78 is 4.83. The van der Waals surface area contributed by atoms with Crippen molar-refractivity contribution in [1.29, 1.82) is 0 Å². The Labute approximate surface area is 126 Å². The van der Waals surface area contributed by atoms with Gasteiger partial charge in [0.25, 0.3) is 0 Å². The van der Waals surface area contributed by atoms with Crippen molar-refractivity contribution in [1.82, 2.24) is 5.43 Å². The van der Waals surface area contributed by atoms with Gasteiger partial charge in [-0.05, 0) is 33.1 Å². The monoisotopic (exact) mass is 294 g/mol. The van der Waals surface area contributed by atoms with Crippen molar-refractivity contribution < 1.29 is 14.3 Å². The molecule has 0 atom stereocenters.